The van der Waals surface area contributed by atoms with Crippen molar-refractivity contribution in [2.24, 2.45) is 0 Å². The first-order chi connectivity index (χ1) is 19.2. The number of aliphatic hydroxyl groups excluding tert-OH is 1. The molecule has 2 atom stereocenters. The van der Waals surface area contributed by atoms with Gasteiger partial charge in [0.05, 0.1) is 43.0 Å². The van der Waals surface area contributed by atoms with Crippen LogP contribution < -0.4 is 14.4 Å². The number of aliphatic hydroxyl groups is 1. The lowest BCUT2D eigenvalue weighted by Gasteiger charge is -2.36. The van der Waals surface area contributed by atoms with Gasteiger partial charge in [0.15, 0.2) is 21.4 Å². The van der Waals surface area contributed by atoms with Crippen LogP contribution in [0, 0.1) is 18.3 Å². The zero-order valence-electron chi connectivity index (χ0n) is 22.2. The van der Waals surface area contributed by atoms with Gasteiger partial charge in [-0.2, -0.15) is 5.26 Å². The number of furan rings is 1. The van der Waals surface area contributed by atoms with Gasteiger partial charge in [0.25, 0.3) is 0 Å². The number of hydrogen-bond donors (Lipinski definition) is 1. The first-order valence-corrected chi connectivity index (χ1v) is 14.2. The van der Waals surface area contributed by atoms with Crippen molar-refractivity contribution in [1.82, 2.24) is 19.7 Å². The second-order valence-corrected chi connectivity index (χ2v) is 11.7. The minimum atomic E-state index is -3.88. The fourth-order valence-electron chi connectivity index (χ4n) is 4.87. The molecule has 4 aromatic rings. The summed E-state index contributed by atoms with van der Waals surface area (Å²) in [5.74, 6) is 1.83. The minimum Gasteiger partial charge on any atom is -0.494 e. The number of nitrogens with zero attached hydrogens (tertiary/aromatic N) is 6. The molecule has 5 rings (SSSR count). The highest BCUT2D eigenvalue weighted by Crippen LogP contribution is 2.37. The number of β-amino-alcohol motifs (C(OH)–C–C–N with tert-alkyl or cyclic N) is 1. The van der Waals surface area contributed by atoms with Crippen molar-refractivity contribution in [2.45, 2.75) is 30.5 Å². The average molecular weight is 565 g/mol. The molecule has 1 fully saturated rings. The quantitative estimate of drug-likeness (QED) is 0.335. The summed E-state index contributed by atoms with van der Waals surface area (Å²) in [6.07, 6.45) is 2.13. The van der Waals surface area contributed by atoms with Crippen LogP contribution in [-0.4, -0.2) is 71.9 Å². The molecule has 4 heterocycles. The van der Waals surface area contributed by atoms with E-state index in [9.17, 15) is 18.8 Å². The molecule has 1 aliphatic rings. The van der Waals surface area contributed by atoms with E-state index in [4.69, 9.17) is 13.9 Å². The molecule has 1 aromatic carbocycles. The van der Waals surface area contributed by atoms with Gasteiger partial charge in [-0.3, -0.25) is 9.55 Å². The molecule has 0 aliphatic carbocycles. The molecule has 1 saturated heterocycles. The van der Waals surface area contributed by atoms with Crippen LogP contribution in [0.5, 0.6) is 11.5 Å². The minimum absolute atomic E-state index is 0.0561. The predicted octanol–water partition coefficient (Wildman–Crippen LogP) is 2.67. The smallest absolute Gasteiger partial charge is 0.204 e. The third kappa shape index (κ3) is 5.23. The number of methoxy groups -OCH3 is 2. The number of piperidine rings is 1. The number of aryl methyl sites for hydroxylation is 1. The number of ether oxygens (including phenoxy) is 2. The summed E-state index contributed by atoms with van der Waals surface area (Å²) in [6.45, 7) is 2.13. The maximum absolute atomic E-state index is 13.9. The summed E-state index contributed by atoms with van der Waals surface area (Å²) in [5.41, 5.74) is 1.34. The van der Waals surface area contributed by atoms with Crippen LogP contribution in [0.25, 0.3) is 17.3 Å². The molecule has 0 bridgehead atoms. The van der Waals surface area contributed by atoms with Crippen molar-refractivity contribution >= 4 is 15.5 Å². The predicted molar refractivity (Wildman–Crippen MR) is 145 cm³/mol. The molecule has 0 spiro atoms. The highest BCUT2D eigenvalue weighted by molar-refractivity contribution is 7.91. The number of aromatic nitrogens is 4. The summed E-state index contributed by atoms with van der Waals surface area (Å²) in [4.78, 5) is 5.80. The fraction of sp³-hybridized carbons (Fsp3) is 0.333. The third-order valence-corrected chi connectivity index (χ3v) is 8.78. The highest BCUT2D eigenvalue weighted by Gasteiger charge is 2.37. The normalized spacial score (nSPS) is 17.4. The molecule has 0 radical (unpaired) electrons. The molecule has 40 heavy (non-hydrogen) atoms. The van der Waals surface area contributed by atoms with E-state index in [1.807, 2.05) is 6.07 Å². The maximum Gasteiger partial charge on any atom is 0.204 e. The molecule has 0 amide bonds. The van der Waals surface area contributed by atoms with Crippen molar-refractivity contribution in [2.75, 3.05) is 32.2 Å². The highest BCUT2D eigenvalue weighted by atomic mass is 32.2. The number of anilines is 1. The van der Waals surface area contributed by atoms with E-state index in [0.717, 1.165) is 0 Å². The molecule has 13 heteroatoms. The van der Waals surface area contributed by atoms with E-state index in [1.54, 1.807) is 59.0 Å². The van der Waals surface area contributed by atoms with Crippen molar-refractivity contribution < 1.29 is 27.4 Å². The Morgan fingerprint density at radius 2 is 1.88 bits per heavy atom. The summed E-state index contributed by atoms with van der Waals surface area (Å²) in [6, 6.07) is 12.4. The van der Waals surface area contributed by atoms with Crippen LogP contribution in [0.4, 0.5) is 5.69 Å². The Morgan fingerprint density at radius 1 is 1.12 bits per heavy atom. The Labute approximate surface area is 231 Å². The molecule has 12 nitrogen and oxygen atoms in total. The van der Waals surface area contributed by atoms with Crippen LogP contribution in [-0.2, 0) is 15.6 Å². The van der Waals surface area contributed by atoms with Gasteiger partial charge in [-0.25, -0.2) is 8.42 Å². The van der Waals surface area contributed by atoms with Gasteiger partial charge in [0.2, 0.25) is 5.82 Å². The summed E-state index contributed by atoms with van der Waals surface area (Å²) >= 11 is 0. The van der Waals surface area contributed by atoms with Gasteiger partial charge in [-0.15, -0.1) is 10.2 Å². The van der Waals surface area contributed by atoms with Crippen LogP contribution in [0.3, 0.4) is 0 Å². The number of rotatable bonds is 8. The van der Waals surface area contributed by atoms with Crippen molar-refractivity contribution in [3.63, 3.8) is 0 Å². The maximum atomic E-state index is 13.9. The molecular formula is C27H28N6O6S. The first kappa shape index (κ1) is 27.2. The number of benzene rings is 1. The van der Waals surface area contributed by atoms with E-state index < -0.39 is 26.9 Å². The lowest BCUT2D eigenvalue weighted by atomic mass is 10.1. The number of nitriles is 1. The van der Waals surface area contributed by atoms with Gasteiger partial charge in [0.1, 0.15) is 34.8 Å². The lowest BCUT2D eigenvalue weighted by Crippen LogP contribution is -2.49. The second-order valence-electron chi connectivity index (χ2n) is 9.46. The van der Waals surface area contributed by atoms with Gasteiger partial charge in [0, 0.05) is 19.3 Å². The summed E-state index contributed by atoms with van der Waals surface area (Å²) in [7, 11) is -0.874. The monoisotopic (exact) mass is 564 g/mol. The molecule has 0 saturated carbocycles. The molecule has 3 aromatic heterocycles. The van der Waals surface area contributed by atoms with Crippen LogP contribution >= 0.6 is 0 Å². The second kappa shape index (κ2) is 11.0. The lowest BCUT2D eigenvalue weighted by molar-refractivity contribution is 0.155. The SMILES string of the molecule is COc1cccc(OC)c1-n1c(CS(=O)(=O)[C@@H]2C[C@H](O)CN(c3cncc(C#N)c3)C2)nnc1-c1ccc(C)o1. The van der Waals surface area contributed by atoms with Crippen LogP contribution in [0.2, 0.25) is 0 Å². The molecular weight excluding hydrogens is 536 g/mol. The van der Waals surface area contributed by atoms with Crippen LogP contribution in [0.15, 0.2) is 53.2 Å². The van der Waals surface area contributed by atoms with E-state index >= 15 is 0 Å². The van der Waals surface area contributed by atoms with E-state index in [1.165, 1.54) is 20.4 Å². The Bertz CT molecular complexity index is 1650. The van der Waals surface area contributed by atoms with Crippen molar-refractivity contribution in [3.8, 4) is 34.8 Å². The number of para-hydroxylation sites is 1. The summed E-state index contributed by atoms with van der Waals surface area (Å²) < 4.78 is 46.3. The molecule has 1 aliphatic heterocycles. The van der Waals surface area contributed by atoms with Gasteiger partial charge in [-0.05, 0) is 43.7 Å². The molecule has 1 N–H and O–H groups in total. The van der Waals surface area contributed by atoms with E-state index in [0.29, 0.717) is 40.0 Å². The Morgan fingerprint density at radius 3 is 2.52 bits per heavy atom. The van der Waals surface area contributed by atoms with Crippen molar-refractivity contribution in [1.29, 1.82) is 5.26 Å². The molecule has 0 unspecified atom stereocenters. The topological polar surface area (TPSA) is 157 Å². The van der Waals surface area contributed by atoms with Crippen LogP contribution in [0.1, 0.15) is 23.6 Å². The zero-order chi connectivity index (χ0) is 28.4. The average Bonchev–Trinajstić information content (AvgIpc) is 3.57. The number of hydrogen-bond acceptors (Lipinski definition) is 11. The Kier molecular flexibility index (Phi) is 7.46. The summed E-state index contributed by atoms with van der Waals surface area (Å²) in [5, 5.41) is 27.5. The standard InChI is InChI=1S/C27H28N6O6S/c1-17-7-8-24(39-17)27-31-30-25(33(27)26-22(37-2)5-4-6-23(26)38-3)16-40(35,36)21-10-20(34)14-32(15-21)19-9-18(11-28)12-29-13-19/h4-9,12-13,20-21,34H,10,14-16H2,1-3H3/t20-,21+/m0/s1. The largest absolute Gasteiger partial charge is 0.494 e. The van der Waals surface area contributed by atoms with Gasteiger partial charge >= 0.3 is 0 Å². The Hall–Kier alpha value is -4.41. The van der Waals surface area contributed by atoms with Crippen molar-refractivity contribution in [3.05, 3.63) is 65.9 Å². The number of pyridine rings is 1. The molecule has 208 valence electrons. The van der Waals surface area contributed by atoms with E-state index in [-0.39, 0.29) is 31.2 Å². The number of sulfone groups is 1. The zero-order valence-corrected chi connectivity index (χ0v) is 23.0. The van der Waals surface area contributed by atoms with Gasteiger partial charge in [-0.1, -0.05) is 6.07 Å². The van der Waals surface area contributed by atoms with E-state index in [2.05, 4.69) is 15.2 Å². The third-order valence-electron chi connectivity index (χ3n) is 6.76. The fourth-order valence-corrected chi connectivity index (χ4v) is 6.57. The van der Waals surface area contributed by atoms with Gasteiger partial charge < -0.3 is 23.9 Å². The Balaban J connectivity index is 1.55. The first-order valence-electron chi connectivity index (χ1n) is 12.5.